The van der Waals surface area contributed by atoms with Crippen LogP contribution in [0.4, 0.5) is 0 Å². The number of hydrogen-bond donors (Lipinski definition) is 1. The van der Waals surface area contributed by atoms with Crippen molar-refractivity contribution in [1.29, 1.82) is 0 Å². The second-order valence-corrected chi connectivity index (χ2v) is 6.87. The first kappa shape index (κ1) is 14.0. The first-order valence-corrected chi connectivity index (χ1v) is 7.82. The largest absolute Gasteiger partial charge is 0.468 e. The maximum Gasteiger partial charge on any atom is 0.122 e. The SMILES string of the molecule is CC(C)NCc1occc1CN1CCSC(C)C1. The van der Waals surface area contributed by atoms with E-state index in [0.29, 0.717) is 6.04 Å². The molecule has 3 nitrogen and oxygen atoms in total. The zero-order valence-electron chi connectivity index (χ0n) is 11.6. The first-order valence-electron chi connectivity index (χ1n) is 6.77. The van der Waals surface area contributed by atoms with E-state index in [9.17, 15) is 0 Å². The van der Waals surface area contributed by atoms with Crippen LogP contribution >= 0.6 is 11.8 Å². The molecule has 1 N–H and O–H groups in total. The molecule has 1 aromatic rings. The third-order valence-electron chi connectivity index (χ3n) is 3.23. The zero-order chi connectivity index (χ0) is 13.0. The van der Waals surface area contributed by atoms with Gasteiger partial charge < -0.3 is 9.73 Å². The molecule has 2 heterocycles. The Morgan fingerprint density at radius 1 is 1.56 bits per heavy atom. The lowest BCUT2D eigenvalue weighted by Crippen LogP contribution is -2.36. The van der Waals surface area contributed by atoms with Crippen molar-refractivity contribution < 1.29 is 4.42 Å². The van der Waals surface area contributed by atoms with E-state index in [1.165, 1.54) is 24.4 Å². The minimum atomic E-state index is 0.495. The summed E-state index contributed by atoms with van der Waals surface area (Å²) >= 11 is 2.08. The Kier molecular flexibility index (Phi) is 5.15. The van der Waals surface area contributed by atoms with Gasteiger partial charge in [-0.05, 0) is 6.07 Å². The normalized spacial score (nSPS) is 21.7. The topological polar surface area (TPSA) is 28.4 Å². The van der Waals surface area contributed by atoms with Crippen molar-refractivity contribution in [2.24, 2.45) is 0 Å². The summed E-state index contributed by atoms with van der Waals surface area (Å²) < 4.78 is 5.59. The maximum atomic E-state index is 5.59. The second-order valence-electron chi connectivity index (χ2n) is 5.32. The van der Waals surface area contributed by atoms with Crippen molar-refractivity contribution in [2.75, 3.05) is 18.8 Å². The van der Waals surface area contributed by atoms with Gasteiger partial charge in [0, 0.05) is 42.2 Å². The minimum absolute atomic E-state index is 0.495. The monoisotopic (exact) mass is 268 g/mol. The molecule has 1 atom stereocenters. The Labute approximate surface area is 114 Å². The molecule has 1 fully saturated rings. The van der Waals surface area contributed by atoms with E-state index in [0.717, 1.165) is 24.1 Å². The summed E-state index contributed by atoms with van der Waals surface area (Å²) in [6, 6.07) is 2.61. The minimum Gasteiger partial charge on any atom is -0.468 e. The molecule has 0 amide bonds. The van der Waals surface area contributed by atoms with Gasteiger partial charge in [0.1, 0.15) is 5.76 Å². The molecular formula is C14H24N2OS. The number of hydrogen-bond acceptors (Lipinski definition) is 4. The van der Waals surface area contributed by atoms with Gasteiger partial charge in [-0.15, -0.1) is 0 Å². The molecule has 1 aliphatic rings. The highest BCUT2D eigenvalue weighted by Gasteiger charge is 2.18. The summed E-state index contributed by atoms with van der Waals surface area (Å²) in [4.78, 5) is 2.53. The Hall–Kier alpha value is -0.450. The van der Waals surface area contributed by atoms with Crippen LogP contribution in [-0.2, 0) is 13.1 Å². The van der Waals surface area contributed by atoms with Crippen LogP contribution < -0.4 is 5.32 Å². The predicted octanol–water partition coefficient (Wildman–Crippen LogP) is 2.71. The first-order chi connectivity index (χ1) is 8.65. The molecule has 0 saturated carbocycles. The van der Waals surface area contributed by atoms with E-state index in [1.54, 1.807) is 0 Å². The molecule has 0 aliphatic carbocycles. The fraction of sp³-hybridized carbons (Fsp3) is 0.714. The van der Waals surface area contributed by atoms with Crippen LogP contribution in [0.25, 0.3) is 0 Å². The van der Waals surface area contributed by atoms with E-state index in [1.807, 2.05) is 6.26 Å². The second kappa shape index (κ2) is 6.64. The molecule has 2 rings (SSSR count). The van der Waals surface area contributed by atoms with Gasteiger partial charge in [0.25, 0.3) is 0 Å². The lowest BCUT2D eigenvalue weighted by Gasteiger charge is -2.30. The molecule has 1 unspecified atom stereocenters. The van der Waals surface area contributed by atoms with Crippen LogP contribution in [0, 0.1) is 0 Å². The zero-order valence-corrected chi connectivity index (χ0v) is 12.4. The van der Waals surface area contributed by atoms with Crippen molar-refractivity contribution in [1.82, 2.24) is 10.2 Å². The molecule has 0 bridgehead atoms. The van der Waals surface area contributed by atoms with Gasteiger partial charge in [-0.2, -0.15) is 11.8 Å². The smallest absolute Gasteiger partial charge is 0.122 e. The number of rotatable bonds is 5. The Balaban J connectivity index is 1.90. The third kappa shape index (κ3) is 4.04. The Morgan fingerprint density at radius 2 is 2.39 bits per heavy atom. The number of nitrogens with zero attached hydrogens (tertiary/aromatic N) is 1. The lowest BCUT2D eigenvalue weighted by molar-refractivity contribution is 0.275. The highest BCUT2D eigenvalue weighted by atomic mass is 32.2. The van der Waals surface area contributed by atoms with Crippen LogP contribution in [0.2, 0.25) is 0 Å². The van der Waals surface area contributed by atoms with Crippen molar-refractivity contribution >= 4 is 11.8 Å². The number of furan rings is 1. The van der Waals surface area contributed by atoms with Gasteiger partial charge in [0.15, 0.2) is 0 Å². The van der Waals surface area contributed by atoms with Crippen molar-refractivity contribution in [3.8, 4) is 0 Å². The molecular weight excluding hydrogens is 244 g/mol. The van der Waals surface area contributed by atoms with Gasteiger partial charge in [-0.1, -0.05) is 20.8 Å². The summed E-state index contributed by atoms with van der Waals surface area (Å²) in [5.41, 5.74) is 1.34. The van der Waals surface area contributed by atoms with Crippen LogP contribution in [-0.4, -0.2) is 35.0 Å². The fourth-order valence-electron chi connectivity index (χ4n) is 2.23. The standard InChI is InChI=1S/C14H24N2OS/c1-11(2)15-8-14-13(4-6-17-14)10-16-5-7-18-12(3)9-16/h4,6,11-12,15H,5,7-10H2,1-3H3. The average molecular weight is 268 g/mol. The van der Waals surface area contributed by atoms with Crippen LogP contribution in [0.3, 0.4) is 0 Å². The summed E-state index contributed by atoms with van der Waals surface area (Å²) in [7, 11) is 0. The molecule has 1 saturated heterocycles. The highest BCUT2D eigenvalue weighted by molar-refractivity contribution is 7.99. The Bertz CT molecular complexity index is 364. The summed E-state index contributed by atoms with van der Waals surface area (Å²) in [5.74, 6) is 2.34. The molecule has 1 aromatic heterocycles. The average Bonchev–Trinajstić information content (AvgIpc) is 2.74. The third-order valence-corrected chi connectivity index (χ3v) is 4.36. The summed E-state index contributed by atoms with van der Waals surface area (Å²) in [5, 5.41) is 4.17. The molecule has 1 aliphatic heterocycles. The fourth-order valence-corrected chi connectivity index (χ4v) is 3.32. The molecule has 102 valence electrons. The predicted molar refractivity (Wildman–Crippen MR) is 77.9 cm³/mol. The molecule has 0 radical (unpaired) electrons. The molecule has 18 heavy (non-hydrogen) atoms. The summed E-state index contributed by atoms with van der Waals surface area (Å²) in [6.07, 6.45) is 1.81. The molecule has 4 heteroatoms. The van der Waals surface area contributed by atoms with Gasteiger partial charge >= 0.3 is 0 Å². The van der Waals surface area contributed by atoms with Crippen molar-refractivity contribution in [3.05, 3.63) is 23.7 Å². The van der Waals surface area contributed by atoms with Crippen LogP contribution in [0.15, 0.2) is 16.7 Å². The highest BCUT2D eigenvalue weighted by Crippen LogP contribution is 2.21. The molecule has 0 spiro atoms. The van der Waals surface area contributed by atoms with Crippen molar-refractivity contribution in [2.45, 2.75) is 45.2 Å². The van der Waals surface area contributed by atoms with E-state index >= 15 is 0 Å². The lowest BCUT2D eigenvalue weighted by atomic mass is 10.2. The van der Waals surface area contributed by atoms with E-state index in [2.05, 4.69) is 48.8 Å². The number of nitrogens with one attached hydrogen (secondary N) is 1. The quantitative estimate of drug-likeness (QED) is 0.889. The molecule has 0 aromatic carbocycles. The van der Waals surface area contributed by atoms with Gasteiger partial charge in [-0.25, -0.2) is 0 Å². The van der Waals surface area contributed by atoms with E-state index in [-0.39, 0.29) is 0 Å². The summed E-state index contributed by atoms with van der Waals surface area (Å²) in [6.45, 7) is 10.9. The Morgan fingerprint density at radius 3 is 3.11 bits per heavy atom. The maximum absolute atomic E-state index is 5.59. The van der Waals surface area contributed by atoms with Gasteiger partial charge in [-0.3, -0.25) is 4.90 Å². The van der Waals surface area contributed by atoms with Crippen molar-refractivity contribution in [3.63, 3.8) is 0 Å². The van der Waals surface area contributed by atoms with Crippen LogP contribution in [0.1, 0.15) is 32.1 Å². The van der Waals surface area contributed by atoms with Gasteiger partial charge in [0.05, 0.1) is 12.8 Å². The van der Waals surface area contributed by atoms with Crippen LogP contribution in [0.5, 0.6) is 0 Å². The number of thioether (sulfide) groups is 1. The van der Waals surface area contributed by atoms with Gasteiger partial charge in [0.2, 0.25) is 0 Å². The van der Waals surface area contributed by atoms with E-state index < -0.39 is 0 Å². The van der Waals surface area contributed by atoms with E-state index in [4.69, 9.17) is 4.42 Å².